The Morgan fingerprint density at radius 1 is 1.14 bits per heavy atom. The van der Waals surface area contributed by atoms with E-state index in [2.05, 4.69) is 55.6 Å². The van der Waals surface area contributed by atoms with Crippen molar-refractivity contribution in [1.29, 1.82) is 0 Å². The molecule has 1 aromatic heterocycles. The molecule has 0 spiro atoms. The molecule has 1 aliphatic rings. The first kappa shape index (κ1) is 17.9. The van der Waals surface area contributed by atoms with Crippen molar-refractivity contribution in [1.82, 2.24) is 14.8 Å². The highest BCUT2D eigenvalue weighted by Gasteiger charge is 2.28. The van der Waals surface area contributed by atoms with Gasteiger partial charge >= 0.3 is 0 Å². The summed E-state index contributed by atoms with van der Waals surface area (Å²) in [5.41, 5.74) is 2.10. The van der Waals surface area contributed by atoms with Gasteiger partial charge in [0.05, 0.1) is 16.9 Å². The second kappa shape index (κ2) is 7.33. The molecule has 0 unspecified atom stereocenters. The lowest BCUT2D eigenvalue weighted by atomic mass is 10.0. The third kappa shape index (κ3) is 3.38. The van der Waals surface area contributed by atoms with Gasteiger partial charge < -0.3 is 4.74 Å². The normalized spacial score (nSPS) is 15.8. The average Bonchev–Trinajstić information content (AvgIpc) is 3.20. The topological polar surface area (TPSA) is 69.0 Å². The third-order valence-corrected chi connectivity index (χ3v) is 5.72. The number of nitrogens with zero attached hydrogens (tertiary/aromatic N) is 3. The monoisotopic (exact) mass is 448 g/mol. The summed E-state index contributed by atoms with van der Waals surface area (Å²) in [5.74, 6) is 1.15. The van der Waals surface area contributed by atoms with Gasteiger partial charge in [-0.25, -0.2) is 4.68 Å². The van der Waals surface area contributed by atoms with Crippen LogP contribution in [0.15, 0.2) is 71.5 Å². The summed E-state index contributed by atoms with van der Waals surface area (Å²) in [5, 5.41) is 9.37. The van der Waals surface area contributed by atoms with Gasteiger partial charge in [0.25, 0.3) is 0 Å². The summed E-state index contributed by atoms with van der Waals surface area (Å²) in [6.45, 7) is 0.471. The highest BCUT2D eigenvalue weighted by atomic mass is 79.9. The van der Waals surface area contributed by atoms with E-state index in [-0.39, 0.29) is 11.9 Å². The SMILES string of the molecule is O=C1C[C@H](c2ccc(OCc3cccc4ccccc34)c(Br)c2)n2ncnc2N1. The zero-order chi connectivity index (χ0) is 19.8. The molecule has 1 aliphatic heterocycles. The Hall–Kier alpha value is -3.19. The molecule has 1 N–H and O–H groups in total. The molecule has 29 heavy (non-hydrogen) atoms. The molecular weight excluding hydrogens is 432 g/mol. The largest absolute Gasteiger partial charge is 0.488 e. The van der Waals surface area contributed by atoms with Crippen molar-refractivity contribution in [3.63, 3.8) is 0 Å². The smallest absolute Gasteiger partial charge is 0.229 e. The molecule has 6 nitrogen and oxygen atoms in total. The molecule has 0 saturated carbocycles. The van der Waals surface area contributed by atoms with Gasteiger partial charge in [0.15, 0.2) is 0 Å². The van der Waals surface area contributed by atoms with Crippen LogP contribution < -0.4 is 10.1 Å². The fourth-order valence-corrected chi connectivity index (χ4v) is 4.19. The molecule has 3 aromatic carbocycles. The van der Waals surface area contributed by atoms with E-state index in [0.717, 1.165) is 21.3 Å². The van der Waals surface area contributed by atoms with Gasteiger partial charge in [0.2, 0.25) is 11.9 Å². The lowest BCUT2D eigenvalue weighted by molar-refractivity contribution is -0.117. The summed E-state index contributed by atoms with van der Waals surface area (Å²) >= 11 is 3.61. The van der Waals surface area contributed by atoms with E-state index < -0.39 is 0 Å². The molecule has 0 saturated heterocycles. The number of hydrogen-bond acceptors (Lipinski definition) is 4. The first-order chi connectivity index (χ1) is 14.2. The number of carbonyl (C=O) groups excluding carboxylic acids is 1. The van der Waals surface area contributed by atoms with Crippen LogP contribution in [0.4, 0.5) is 5.95 Å². The Morgan fingerprint density at radius 3 is 2.90 bits per heavy atom. The number of fused-ring (bicyclic) bond motifs is 2. The van der Waals surface area contributed by atoms with E-state index in [1.807, 2.05) is 36.4 Å². The maximum absolute atomic E-state index is 12.0. The third-order valence-electron chi connectivity index (χ3n) is 5.10. The second-order valence-electron chi connectivity index (χ2n) is 6.91. The molecule has 7 heteroatoms. The van der Waals surface area contributed by atoms with Gasteiger partial charge in [0.1, 0.15) is 18.7 Å². The fraction of sp³-hybridized carbons (Fsp3) is 0.136. The van der Waals surface area contributed by atoms with Gasteiger partial charge in [-0.2, -0.15) is 10.1 Å². The molecule has 4 aromatic rings. The number of carbonyl (C=O) groups is 1. The van der Waals surface area contributed by atoms with Gasteiger partial charge in [-0.15, -0.1) is 0 Å². The molecule has 5 rings (SSSR count). The number of hydrogen-bond donors (Lipinski definition) is 1. The standard InChI is InChI=1S/C22H17BrN4O2/c23-18-10-15(19-11-21(28)26-22-24-13-25-27(19)22)8-9-20(18)29-12-16-6-3-5-14-4-1-2-7-17(14)16/h1-10,13,19H,11-12H2,(H,24,25,26,28)/t19-/m1/s1. The van der Waals surface area contributed by atoms with Crippen LogP contribution >= 0.6 is 15.9 Å². The Bertz CT molecular complexity index is 1220. The molecule has 1 atom stereocenters. The zero-order valence-electron chi connectivity index (χ0n) is 15.4. The van der Waals surface area contributed by atoms with E-state index in [9.17, 15) is 4.79 Å². The van der Waals surface area contributed by atoms with Crippen molar-refractivity contribution in [3.8, 4) is 5.75 Å². The van der Waals surface area contributed by atoms with Crippen molar-refractivity contribution in [3.05, 3.63) is 82.6 Å². The number of aromatic nitrogens is 3. The molecule has 144 valence electrons. The number of amides is 1. The fourth-order valence-electron chi connectivity index (χ4n) is 3.68. The van der Waals surface area contributed by atoms with Crippen LogP contribution in [-0.2, 0) is 11.4 Å². The number of halogens is 1. The Labute approximate surface area is 175 Å². The van der Waals surface area contributed by atoms with Crippen molar-refractivity contribution < 1.29 is 9.53 Å². The lowest BCUT2D eigenvalue weighted by Gasteiger charge is -2.24. The van der Waals surface area contributed by atoms with Crippen LogP contribution in [0.1, 0.15) is 23.6 Å². The minimum atomic E-state index is -0.190. The summed E-state index contributed by atoms with van der Waals surface area (Å²) < 4.78 is 8.66. The van der Waals surface area contributed by atoms with Crippen LogP contribution in [-0.4, -0.2) is 20.7 Å². The van der Waals surface area contributed by atoms with Crippen molar-refractivity contribution in [2.24, 2.45) is 0 Å². The molecule has 0 fully saturated rings. The summed E-state index contributed by atoms with van der Waals surface area (Å²) in [6.07, 6.45) is 1.77. The lowest BCUT2D eigenvalue weighted by Crippen LogP contribution is -2.29. The molecular formula is C22H17BrN4O2. The van der Waals surface area contributed by atoms with Crippen molar-refractivity contribution in [2.75, 3.05) is 5.32 Å². The van der Waals surface area contributed by atoms with Crippen LogP contribution in [0.2, 0.25) is 0 Å². The Balaban J connectivity index is 1.39. The van der Waals surface area contributed by atoms with E-state index in [4.69, 9.17) is 4.74 Å². The predicted octanol–water partition coefficient (Wildman–Crippen LogP) is 4.70. The molecule has 0 bridgehead atoms. The maximum atomic E-state index is 12.0. The van der Waals surface area contributed by atoms with Gasteiger partial charge in [-0.05, 0) is 50.0 Å². The minimum Gasteiger partial charge on any atom is -0.488 e. The van der Waals surface area contributed by atoms with Gasteiger partial charge in [-0.1, -0.05) is 48.5 Å². The van der Waals surface area contributed by atoms with Crippen molar-refractivity contribution in [2.45, 2.75) is 19.1 Å². The minimum absolute atomic E-state index is 0.0668. The zero-order valence-corrected chi connectivity index (χ0v) is 17.0. The van der Waals surface area contributed by atoms with Crippen LogP contribution in [0.25, 0.3) is 10.8 Å². The highest BCUT2D eigenvalue weighted by Crippen LogP contribution is 2.34. The second-order valence-corrected chi connectivity index (χ2v) is 7.77. The molecule has 1 amide bonds. The Kier molecular flexibility index (Phi) is 4.52. The van der Waals surface area contributed by atoms with Crippen LogP contribution in [0.5, 0.6) is 5.75 Å². The summed E-state index contributed by atoms with van der Waals surface area (Å²) in [4.78, 5) is 16.1. The van der Waals surface area contributed by atoms with E-state index in [0.29, 0.717) is 19.0 Å². The summed E-state index contributed by atoms with van der Waals surface area (Å²) in [6, 6.07) is 20.2. The maximum Gasteiger partial charge on any atom is 0.229 e. The van der Waals surface area contributed by atoms with Crippen LogP contribution in [0.3, 0.4) is 0 Å². The number of anilines is 1. The summed E-state index contributed by atoms with van der Waals surface area (Å²) in [7, 11) is 0. The number of benzene rings is 3. The Morgan fingerprint density at radius 2 is 2.00 bits per heavy atom. The number of nitrogens with one attached hydrogen (secondary N) is 1. The van der Waals surface area contributed by atoms with E-state index >= 15 is 0 Å². The first-order valence-corrected chi connectivity index (χ1v) is 10.1. The quantitative estimate of drug-likeness (QED) is 0.490. The molecule has 0 aliphatic carbocycles. The van der Waals surface area contributed by atoms with E-state index in [1.165, 1.54) is 17.1 Å². The first-order valence-electron chi connectivity index (χ1n) is 9.27. The molecule has 0 radical (unpaired) electrons. The average molecular weight is 449 g/mol. The molecule has 2 heterocycles. The van der Waals surface area contributed by atoms with Gasteiger partial charge in [0, 0.05) is 0 Å². The number of ether oxygens (including phenoxy) is 1. The van der Waals surface area contributed by atoms with Crippen LogP contribution in [0, 0.1) is 0 Å². The van der Waals surface area contributed by atoms with E-state index in [1.54, 1.807) is 4.68 Å². The number of rotatable bonds is 4. The predicted molar refractivity (Wildman–Crippen MR) is 114 cm³/mol. The van der Waals surface area contributed by atoms with Gasteiger partial charge in [-0.3, -0.25) is 10.1 Å². The van der Waals surface area contributed by atoms with Crippen molar-refractivity contribution >= 4 is 38.6 Å². The highest BCUT2D eigenvalue weighted by molar-refractivity contribution is 9.10.